The van der Waals surface area contributed by atoms with Crippen molar-refractivity contribution in [3.63, 3.8) is 0 Å². The van der Waals surface area contributed by atoms with Gasteiger partial charge < -0.3 is 4.74 Å². The van der Waals surface area contributed by atoms with Gasteiger partial charge in [0.15, 0.2) is 0 Å². The van der Waals surface area contributed by atoms with Gasteiger partial charge in [-0.3, -0.25) is 0 Å². The van der Waals surface area contributed by atoms with Gasteiger partial charge in [-0.25, -0.2) is 4.39 Å². The summed E-state index contributed by atoms with van der Waals surface area (Å²) in [5.74, 6) is -0.664. The zero-order valence-corrected chi connectivity index (χ0v) is 8.85. The number of rotatable bonds is 1. The Labute approximate surface area is 81.3 Å². The summed E-state index contributed by atoms with van der Waals surface area (Å²) >= 11 is 0. The molecule has 0 aromatic heterocycles. The molecule has 2 unspecified atom stereocenters. The molecule has 14 heavy (non-hydrogen) atoms. The molecule has 0 aromatic rings. The average molecular weight is 248 g/mol. The summed E-state index contributed by atoms with van der Waals surface area (Å²) in [5, 5.41) is 0. The van der Waals surface area contributed by atoms with E-state index in [0.717, 1.165) is 0 Å². The molecule has 0 aromatic carbocycles. The lowest BCUT2D eigenvalue weighted by molar-refractivity contribution is 0.101. The van der Waals surface area contributed by atoms with Crippen molar-refractivity contribution in [1.82, 2.24) is 0 Å². The number of ether oxygens (including phenoxy) is 1. The molecule has 84 valence electrons. The van der Waals surface area contributed by atoms with E-state index in [1.807, 2.05) is 0 Å². The van der Waals surface area contributed by atoms with Crippen LogP contribution >= 0.6 is 0 Å². The quantitative estimate of drug-likeness (QED) is 0.614. The van der Waals surface area contributed by atoms with Crippen molar-refractivity contribution in [3.8, 4) is 0 Å². The lowest BCUT2D eigenvalue weighted by atomic mass is 10.3. The Hall–Kier alpha value is -0.250. The maximum absolute atomic E-state index is 12.9. The van der Waals surface area contributed by atoms with Crippen LogP contribution in [0.25, 0.3) is 0 Å². The third-order valence-corrected chi connectivity index (χ3v) is 4.87. The molecule has 0 N–H and O–H groups in total. The summed E-state index contributed by atoms with van der Waals surface area (Å²) in [4.78, 5) is 0. The van der Waals surface area contributed by atoms with E-state index in [2.05, 4.69) is 8.37 Å². The molecule has 6 nitrogen and oxygen atoms in total. The first-order valence-corrected chi connectivity index (χ1v) is 6.66. The minimum atomic E-state index is -4.68. The van der Waals surface area contributed by atoms with E-state index in [1.165, 1.54) is 7.11 Å². The fraction of sp³-hybridized carbons (Fsp3) is 1.00. The Morgan fingerprint density at radius 1 is 1.36 bits per heavy atom. The van der Waals surface area contributed by atoms with Crippen LogP contribution in [-0.2, 0) is 28.6 Å². The second-order valence-corrected chi connectivity index (χ2v) is 6.28. The molecule has 1 heterocycles. The highest BCUT2D eigenvalue weighted by atomic mass is 32.3. The highest BCUT2D eigenvalue weighted by Crippen LogP contribution is 2.22. The van der Waals surface area contributed by atoms with Gasteiger partial charge in [0.25, 0.3) is 10.1 Å². The highest BCUT2D eigenvalue weighted by Gasteiger charge is 2.40. The molecule has 1 fully saturated rings. The van der Waals surface area contributed by atoms with E-state index in [0.29, 0.717) is 0 Å². The van der Waals surface area contributed by atoms with Gasteiger partial charge in [-0.15, -0.1) is 3.63 Å². The van der Waals surface area contributed by atoms with Crippen molar-refractivity contribution >= 4 is 20.2 Å². The third-order valence-electron chi connectivity index (χ3n) is 1.68. The van der Waals surface area contributed by atoms with Crippen molar-refractivity contribution in [2.75, 3.05) is 12.9 Å². The van der Waals surface area contributed by atoms with E-state index in [9.17, 15) is 21.2 Å². The zero-order chi connectivity index (χ0) is 11.0. The summed E-state index contributed by atoms with van der Waals surface area (Å²) in [7, 11) is -7.79. The Balaban J connectivity index is 3.07. The Bertz CT molecular complexity index is 398. The molecule has 0 radical (unpaired) electrons. The van der Waals surface area contributed by atoms with E-state index in [-0.39, 0.29) is 0 Å². The van der Waals surface area contributed by atoms with Gasteiger partial charge in [-0.05, 0) is 0 Å². The van der Waals surface area contributed by atoms with Gasteiger partial charge in [-0.1, -0.05) is 0 Å². The van der Waals surface area contributed by atoms with Crippen molar-refractivity contribution in [1.29, 1.82) is 0 Å². The summed E-state index contributed by atoms with van der Waals surface area (Å²) in [5.41, 5.74) is -2.37. The topological polar surface area (TPSA) is 86.7 Å². The lowest BCUT2D eigenvalue weighted by Crippen LogP contribution is -2.22. The van der Waals surface area contributed by atoms with Crippen LogP contribution in [0.3, 0.4) is 0 Å². The first kappa shape index (κ1) is 11.8. The molecular formula is C5H9FO6S2. The minimum Gasteiger partial charge on any atom is -0.380 e. The van der Waals surface area contributed by atoms with Crippen LogP contribution in [0.4, 0.5) is 4.39 Å². The predicted octanol–water partition coefficient (Wildman–Crippen LogP) is -0.623. The average Bonchev–Trinajstić information content (AvgIpc) is 2.06. The molecule has 1 saturated heterocycles. The third kappa shape index (κ3) is 2.62. The molecule has 0 saturated carbocycles. The van der Waals surface area contributed by atoms with Gasteiger partial charge in [0, 0.05) is 13.5 Å². The van der Waals surface area contributed by atoms with Gasteiger partial charge >= 0.3 is 10.1 Å². The number of hydrogen-bond acceptors (Lipinski definition) is 6. The van der Waals surface area contributed by atoms with Crippen molar-refractivity contribution in [2.24, 2.45) is 0 Å². The SMILES string of the molecule is COC1CC(F)S(=O)(=O)OS(=O)(=O)C1. The maximum Gasteiger partial charge on any atom is 0.314 e. The Morgan fingerprint density at radius 2 is 1.93 bits per heavy atom. The van der Waals surface area contributed by atoms with Crippen LogP contribution in [0.15, 0.2) is 0 Å². The second kappa shape index (κ2) is 3.72. The first-order valence-electron chi connectivity index (χ1n) is 3.61. The van der Waals surface area contributed by atoms with Gasteiger partial charge in [0.2, 0.25) is 5.50 Å². The number of halogens is 1. The fourth-order valence-corrected chi connectivity index (χ4v) is 3.90. The largest absolute Gasteiger partial charge is 0.380 e. The zero-order valence-electron chi connectivity index (χ0n) is 7.21. The minimum absolute atomic E-state index is 0.544. The second-order valence-electron chi connectivity index (χ2n) is 2.79. The molecule has 1 aliphatic heterocycles. The van der Waals surface area contributed by atoms with Gasteiger partial charge in [0.1, 0.15) is 5.75 Å². The predicted molar refractivity (Wildman–Crippen MR) is 44.1 cm³/mol. The maximum atomic E-state index is 12.9. The highest BCUT2D eigenvalue weighted by molar-refractivity contribution is 8.00. The summed E-state index contributed by atoms with van der Waals surface area (Å²) < 4.78 is 64.9. The molecule has 0 amide bonds. The van der Waals surface area contributed by atoms with Crippen LogP contribution in [0.2, 0.25) is 0 Å². The Kier molecular flexibility index (Phi) is 3.14. The van der Waals surface area contributed by atoms with Crippen LogP contribution < -0.4 is 0 Å². The molecule has 1 rings (SSSR count). The number of alkyl halides is 1. The smallest absolute Gasteiger partial charge is 0.314 e. The standard InChI is InChI=1S/C5H9FO6S2/c1-11-4-2-5(6)14(9,10)12-13(7,8)3-4/h4-5H,2-3H2,1H3. The van der Waals surface area contributed by atoms with Crippen molar-refractivity contribution in [2.45, 2.75) is 18.0 Å². The van der Waals surface area contributed by atoms with Crippen LogP contribution in [-0.4, -0.2) is 41.3 Å². The monoisotopic (exact) mass is 248 g/mol. The van der Waals surface area contributed by atoms with Crippen LogP contribution in [0.1, 0.15) is 6.42 Å². The number of hydrogen-bond donors (Lipinski definition) is 0. The van der Waals surface area contributed by atoms with E-state index in [4.69, 9.17) is 0 Å². The summed E-state index contributed by atoms with van der Waals surface area (Å²) in [6.07, 6.45) is -1.55. The van der Waals surface area contributed by atoms with Crippen molar-refractivity contribution in [3.05, 3.63) is 0 Å². The van der Waals surface area contributed by atoms with Crippen molar-refractivity contribution < 1.29 is 29.6 Å². The van der Waals surface area contributed by atoms with Gasteiger partial charge in [0.05, 0.1) is 6.10 Å². The fourth-order valence-electron chi connectivity index (χ4n) is 0.999. The molecular weight excluding hydrogens is 239 g/mol. The normalized spacial score (nSPS) is 36.1. The Morgan fingerprint density at radius 3 is 2.43 bits per heavy atom. The molecule has 1 aliphatic rings. The molecule has 0 aliphatic carbocycles. The number of methoxy groups -OCH3 is 1. The lowest BCUT2D eigenvalue weighted by Gasteiger charge is -2.09. The molecule has 9 heteroatoms. The van der Waals surface area contributed by atoms with Crippen LogP contribution in [0.5, 0.6) is 0 Å². The molecule has 0 spiro atoms. The van der Waals surface area contributed by atoms with E-state index in [1.54, 1.807) is 0 Å². The van der Waals surface area contributed by atoms with E-state index < -0.39 is 44.0 Å². The first-order chi connectivity index (χ1) is 6.27. The molecule has 2 atom stereocenters. The molecule has 0 bridgehead atoms. The van der Waals surface area contributed by atoms with Gasteiger partial charge in [-0.2, -0.15) is 16.8 Å². The van der Waals surface area contributed by atoms with E-state index >= 15 is 0 Å². The van der Waals surface area contributed by atoms with Crippen LogP contribution in [0, 0.1) is 0 Å². The summed E-state index contributed by atoms with van der Waals surface area (Å²) in [6, 6.07) is 0. The summed E-state index contributed by atoms with van der Waals surface area (Å²) in [6.45, 7) is 0.